The number of ether oxygens (including phenoxy) is 1. The van der Waals surface area contributed by atoms with Gasteiger partial charge in [-0.15, -0.1) is 0 Å². The third-order valence-corrected chi connectivity index (χ3v) is 3.33. The van der Waals surface area contributed by atoms with E-state index < -0.39 is 0 Å². The molecule has 0 saturated carbocycles. The van der Waals surface area contributed by atoms with Crippen molar-refractivity contribution in [2.24, 2.45) is 0 Å². The number of hydrogen-bond acceptors (Lipinski definition) is 3. The molecule has 0 unspecified atom stereocenters. The zero-order chi connectivity index (χ0) is 14.5. The van der Waals surface area contributed by atoms with Crippen LogP contribution in [-0.4, -0.2) is 17.3 Å². The molecule has 0 amide bonds. The van der Waals surface area contributed by atoms with Gasteiger partial charge in [-0.2, -0.15) is 5.10 Å². The van der Waals surface area contributed by atoms with Crippen LogP contribution in [0.1, 0.15) is 5.56 Å². The van der Waals surface area contributed by atoms with Crippen molar-refractivity contribution in [2.45, 2.75) is 6.54 Å². The van der Waals surface area contributed by atoms with E-state index in [1.54, 1.807) is 13.3 Å². The number of benzene rings is 2. The molecule has 0 atom stereocenters. The van der Waals surface area contributed by atoms with Crippen molar-refractivity contribution in [2.75, 3.05) is 12.4 Å². The number of hydrogen-bond donors (Lipinski definition) is 2. The molecule has 3 aromatic rings. The average Bonchev–Trinajstić information content (AvgIpc) is 3.08. The van der Waals surface area contributed by atoms with Crippen LogP contribution in [0.4, 0.5) is 5.69 Å². The highest BCUT2D eigenvalue weighted by molar-refractivity contribution is 5.64. The van der Waals surface area contributed by atoms with Gasteiger partial charge in [0.05, 0.1) is 12.8 Å². The maximum absolute atomic E-state index is 5.16. The number of aromatic amines is 1. The topological polar surface area (TPSA) is 49.9 Å². The van der Waals surface area contributed by atoms with Gasteiger partial charge in [0.2, 0.25) is 0 Å². The molecule has 3 rings (SSSR count). The Morgan fingerprint density at radius 3 is 2.67 bits per heavy atom. The summed E-state index contributed by atoms with van der Waals surface area (Å²) in [6, 6.07) is 18.3. The fourth-order valence-electron chi connectivity index (χ4n) is 2.16. The van der Waals surface area contributed by atoms with Crippen LogP contribution in [0.15, 0.2) is 60.8 Å². The van der Waals surface area contributed by atoms with E-state index in [2.05, 4.69) is 45.8 Å². The molecule has 0 aliphatic heterocycles. The van der Waals surface area contributed by atoms with Crippen molar-refractivity contribution in [3.63, 3.8) is 0 Å². The molecule has 2 aromatic carbocycles. The van der Waals surface area contributed by atoms with Gasteiger partial charge in [-0.1, -0.05) is 24.3 Å². The molecule has 4 nitrogen and oxygen atoms in total. The largest absolute Gasteiger partial charge is 0.497 e. The molecule has 1 aromatic heterocycles. The Hall–Kier alpha value is -2.75. The van der Waals surface area contributed by atoms with Gasteiger partial charge in [-0.3, -0.25) is 5.10 Å². The maximum Gasteiger partial charge on any atom is 0.118 e. The molecule has 1 heterocycles. The highest BCUT2D eigenvalue weighted by atomic mass is 16.5. The predicted octanol–water partition coefficient (Wildman–Crippen LogP) is 3.70. The van der Waals surface area contributed by atoms with Gasteiger partial charge in [0.15, 0.2) is 0 Å². The number of methoxy groups -OCH3 is 1. The molecule has 0 fully saturated rings. The quantitative estimate of drug-likeness (QED) is 0.748. The molecule has 2 N–H and O–H groups in total. The summed E-state index contributed by atoms with van der Waals surface area (Å²) in [5, 5.41) is 10.4. The first kappa shape index (κ1) is 13.2. The summed E-state index contributed by atoms with van der Waals surface area (Å²) in [6.07, 6.45) is 1.76. The Labute approximate surface area is 123 Å². The maximum atomic E-state index is 5.16. The number of rotatable bonds is 5. The number of H-pyrrole nitrogens is 1. The monoisotopic (exact) mass is 279 g/mol. The minimum Gasteiger partial charge on any atom is -0.497 e. The summed E-state index contributed by atoms with van der Waals surface area (Å²) in [7, 11) is 1.67. The lowest BCUT2D eigenvalue weighted by molar-refractivity contribution is 0.414. The van der Waals surface area contributed by atoms with Crippen LogP contribution >= 0.6 is 0 Å². The SMILES string of the molecule is COc1ccc(CNc2cccc(-c3ccn[nH]3)c2)cc1. The van der Waals surface area contributed by atoms with Crippen LogP contribution in [-0.2, 0) is 6.54 Å². The van der Waals surface area contributed by atoms with E-state index >= 15 is 0 Å². The van der Waals surface area contributed by atoms with Crippen LogP contribution in [0, 0.1) is 0 Å². The zero-order valence-corrected chi connectivity index (χ0v) is 11.8. The molecule has 4 heteroatoms. The Kier molecular flexibility index (Phi) is 3.87. The van der Waals surface area contributed by atoms with Crippen molar-refractivity contribution < 1.29 is 4.74 Å². The second kappa shape index (κ2) is 6.13. The lowest BCUT2D eigenvalue weighted by Crippen LogP contribution is -1.99. The fraction of sp³-hybridized carbons (Fsp3) is 0.118. The molecule has 0 bridgehead atoms. The van der Waals surface area contributed by atoms with Gasteiger partial charge in [0.25, 0.3) is 0 Å². The van der Waals surface area contributed by atoms with Crippen LogP contribution in [0.25, 0.3) is 11.3 Å². The van der Waals surface area contributed by atoms with E-state index in [0.717, 1.165) is 29.2 Å². The van der Waals surface area contributed by atoms with E-state index in [-0.39, 0.29) is 0 Å². The van der Waals surface area contributed by atoms with Crippen molar-refractivity contribution in [1.82, 2.24) is 10.2 Å². The van der Waals surface area contributed by atoms with E-state index in [4.69, 9.17) is 4.74 Å². The first-order valence-corrected chi connectivity index (χ1v) is 6.82. The Morgan fingerprint density at radius 2 is 1.95 bits per heavy atom. The summed E-state index contributed by atoms with van der Waals surface area (Å²) in [6.45, 7) is 0.774. The molecular formula is C17H17N3O. The molecule has 106 valence electrons. The highest BCUT2D eigenvalue weighted by Crippen LogP contribution is 2.21. The second-order valence-corrected chi connectivity index (χ2v) is 4.75. The predicted molar refractivity (Wildman–Crippen MR) is 84.3 cm³/mol. The number of nitrogens with one attached hydrogen (secondary N) is 2. The molecule has 0 aliphatic rings. The summed E-state index contributed by atoms with van der Waals surface area (Å²) < 4.78 is 5.16. The lowest BCUT2D eigenvalue weighted by atomic mass is 10.1. The van der Waals surface area contributed by atoms with Crippen LogP contribution in [0.2, 0.25) is 0 Å². The van der Waals surface area contributed by atoms with Gasteiger partial charge in [0, 0.05) is 24.0 Å². The van der Waals surface area contributed by atoms with Crippen molar-refractivity contribution in [3.05, 3.63) is 66.4 Å². The first-order valence-electron chi connectivity index (χ1n) is 6.82. The molecule has 0 spiro atoms. The Bertz CT molecular complexity index is 690. The van der Waals surface area contributed by atoms with Crippen LogP contribution < -0.4 is 10.1 Å². The normalized spacial score (nSPS) is 10.3. The molecule has 0 saturated heterocycles. The number of anilines is 1. The Balaban J connectivity index is 1.68. The van der Waals surface area contributed by atoms with Gasteiger partial charge in [-0.25, -0.2) is 0 Å². The summed E-state index contributed by atoms with van der Waals surface area (Å²) >= 11 is 0. The molecule has 21 heavy (non-hydrogen) atoms. The van der Waals surface area contributed by atoms with Crippen molar-refractivity contribution >= 4 is 5.69 Å². The van der Waals surface area contributed by atoms with Crippen LogP contribution in [0.5, 0.6) is 5.75 Å². The zero-order valence-electron chi connectivity index (χ0n) is 11.8. The minimum absolute atomic E-state index is 0.774. The van der Waals surface area contributed by atoms with Crippen molar-refractivity contribution in [1.29, 1.82) is 0 Å². The van der Waals surface area contributed by atoms with Gasteiger partial charge >= 0.3 is 0 Å². The molecule has 0 aliphatic carbocycles. The average molecular weight is 279 g/mol. The Morgan fingerprint density at radius 1 is 1.10 bits per heavy atom. The van der Waals surface area contributed by atoms with E-state index in [1.165, 1.54) is 5.56 Å². The first-order chi connectivity index (χ1) is 10.3. The van der Waals surface area contributed by atoms with E-state index in [0.29, 0.717) is 0 Å². The third-order valence-electron chi connectivity index (χ3n) is 3.33. The van der Waals surface area contributed by atoms with Crippen LogP contribution in [0.3, 0.4) is 0 Å². The van der Waals surface area contributed by atoms with Gasteiger partial charge in [-0.05, 0) is 35.9 Å². The highest BCUT2D eigenvalue weighted by Gasteiger charge is 2.00. The van der Waals surface area contributed by atoms with E-state index in [1.807, 2.05) is 24.3 Å². The molecule has 0 radical (unpaired) electrons. The summed E-state index contributed by atoms with van der Waals surface area (Å²) in [5.41, 5.74) is 4.43. The van der Waals surface area contributed by atoms with Gasteiger partial charge in [0.1, 0.15) is 5.75 Å². The lowest BCUT2D eigenvalue weighted by Gasteiger charge is -2.08. The van der Waals surface area contributed by atoms with Gasteiger partial charge < -0.3 is 10.1 Å². The molecular weight excluding hydrogens is 262 g/mol. The fourth-order valence-corrected chi connectivity index (χ4v) is 2.16. The number of aromatic nitrogens is 2. The summed E-state index contributed by atoms with van der Waals surface area (Å²) in [4.78, 5) is 0. The number of nitrogens with zero attached hydrogens (tertiary/aromatic N) is 1. The summed E-state index contributed by atoms with van der Waals surface area (Å²) in [5.74, 6) is 0.875. The minimum atomic E-state index is 0.774. The third kappa shape index (κ3) is 3.23. The van der Waals surface area contributed by atoms with Crippen molar-refractivity contribution in [3.8, 4) is 17.0 Å². The standard InChI is InChI=1S/C17H17N3O/c1-21-16-7-5-13(6-8-16)12-18-15-4-2-3-14(11-15)17-9-10-19-20-17/h2-11,18H,12H2,1H3,(H,19,20). The van der Waals surface area contributed by atoms with E-state index in [9.17, 15) is 0 Å². The second-order valence-electron chi connectivity index (χ2n) is 4.75. The smallest absolute Gasteiger partial charge is 0.118 e.